The predicted molar refractivity (Wildman–Crippen MR) is 67.9 cm³/mol. The van der Waals surface area contributed by atoms with Crippen molar-refractivity contribution in [3.63, 3.8) is 0 Å². The molecule has 2 heterocycles. The van der Waals surface area contributed by atoms with Gasteiger partial charge in [-0.3, -0.25) is 4.68 Å². The second kappa shape index (κ2) is 4.24. The van der Waals surface area contributed by atoms with Crippen molar-refractivity contribution < 1.29 is 0 Å². The maximum Gasteiger partial charge on any atom is 0.130 e. The molecule has 1 N–H and O–H groups in total. The van der Waals surface area contributed by atoms with E-state index in [2.05, 4.69) is 29.2 Å². The topological polar surface area (TPSA) is 47.7 Å². The van der Waals surface area contributed by atoms with E-state index < -0.39 is 0 Å². The van der Waals surface area contributed by atoms with Crippen LogP contribution in [0, 0.1) is 13.8 Å². The summed E-state index contributed by atoms with van der Waals surface area (Å²) in [7, 11) is 3.96. The van der Waals surface area contributed by atoms with Crippen molar-refractivity contribution in [3.05, 3.63) is 29.6 Å². The number of nitrogens with zero attached hydrogens (tertiary/aromatic N) is 4. The number of imidazole rings is 1. The standard InChI is InChI=1S/C12H19N5/c1-8-11(10(3)17(5)15-8)14-9(2)12-13-6-7-16(12)4/h6-7,9,14H,1-5H3. The molecule has 0 fully saturated rings. The molecule has 0 spiro atoms. The van der Waals surface area contributed by atoms with Crippen molar-refractivity contribution in [1.82, 2.24) is 19.3 Å². The second-order valence-corrected chi connectivity index (χ2v) is 4.43. The minimum atomic E-state index is 0.164. The Morgan fingerprint density at radius 3 is 2.47 bits per heavy atom. The lowest BCUT2D eigenvalue weighted by Gasteiger charge is -2.15. The first kappa shape index (κ1) is 11.7. The first-order valence-electron chi connectivity index (χ1n) is 5.74. The number of anilines is 1. The molecule has 5 nitrogen and oxygen atoms in total. The minimum absolute atomic E-state index is 0.164. The Labute approximate surface area is 101 Å². The van der Waals surface area contributed by atoms with Gasteiger partial charge >= 0.3 is 0 Å². The monoisotopic (exact) mass is 233 g/mol. The molecule has 2 rings (SSSR count). The molecule has 0 saturated carbocycles. The van der Waals surface area contributed by atoms with Gasteiger partial charge in [0.15, 0.2) is 0 Å². The fraction of sp³-hybridized carbons (Fsp3) is 0.500. The third kappa shape index (κ3) is 2.05. The normalized spacial score (nSPS) is 12.8. The van der Waals surface area contributed by atoms with Gasteiger partial charge in [-0.25, -0.2) is 4.98 Å². The van der Waals surface area contributed by atoms with Crippen LogP contribution in [0.25, 0.3) is 0 Å². The first-order valence-corrected chi connectivity index (χ1v) is 5.74. The minimum Gasteiger partial charge on any atom is -0.372 e. The van der Waals surface area contributed by atoms with Crippen LogP contribution in [0.5, 0.6) is 0 Å². The van der Waals surface area contributed by atoms with Crippen LogP contribution in [0.4, 0.5) is 5.69 Å². The summed E-state index contributed by atoms with van der Waals surface area (Å²) in [5.41, 5.74) is 3.26. The summed E-state index contributed by atoms with van der Waals surface area (Å²) in [6.45, 7) is 6.18. The van der Waals surface area contributed by atoms with E-state index in [4.69, 9.17) is 0 Å². The Bertz CT molecular complexity index is 523. The molecule has 92 valence electrons. The number of hydrogen-bond acceptors (Lipinski definition) is 3. The summed E-state index contributed by atoms with van der Waals surface area (Å²) in [6, 6.07) is 0.164. The van der Waals surface area contributed by atoms with Crippen molar-refractivity contribution in [2.24, 2.45) is 14.1 Å². The molecule has 0 aliphatic heterocycles. The highest BCUT2D eigenvalue weighted by Crippen LogP contribution is 2.23. The van der Waals surface area contributed by atoms with Gasteiger partial charge in [-0.05, 0) is 20.8 Å². The largest absolute Gasteiger partial charge is 0.372 e. The summed E-state index contributed by atoms with van der Waals surface area (Å²) in [6.07, 6.45) is 3.77. The number of hydrogen-bond donors (Lipinski definition) is 1. The zero-order valence-electron chi connectivity index (χ0n) is 11.0. The summed E-state index contributed by atoms with van der Waals surface area (Å²) in [4.78, 5) is 4.35. The summed E-state index contributed by atoms with van der Waals surface area (Å²) < 4.78 is 3.92. The van der Waals surface area contributed by atoms with E-state index in [1.165, 1.54) is 0 Å². The average Bonchev–Trinajstić information content (AvgIpc) is 2.78. The molecule has 0 bridgehead atoms. The smallest absolute Gasteiger partial charge is 0.130 e. The van der Waals surface area contributed by atoms with E-state index in [1.54, 1.807) is 0 Å². The Kier molecular flexibility index (Phi) is 2.92. The van der Waals surface area contributed by atoms with Crippen LogP contribution in [0.1, 0.15) is 30.2 Å². The molecule has 0 aliphatic carbocycles. The lowest BCUT2D eigenvalue weighted by atomic mass is 10.2. The van der Waals surface area contributed by atoms with E-state index in [9.17, 15) is 0 Å². The highest BCUT2D eigenvalue weighted by Gasteiger charge is 2.15. The highest BCUT2D eigenvalue weighted by molar-refractivity contribution is 5.52. The molecule has 0 aromatic carbocycles. The fourth-order valence-corrected chi connectivity index (χ4v) is 2.06. The van der Waals surface area contributed by atoms with Gasteiger partial charge in [-0.1, -0.05) is 0 Å². The number of nitrogens with one attached hydrogen (secondary N) is 1. The zero-order valence-corrected chi connectivity index (χ0v) is 11.0. The van der Waals surface area contributed by atoms with E-state index in [-0.39, 0.29) is 6.04 Å². The molecule has 17 heavy (non-hydrogen) atoms. The van der Waals surface area contributed by atoms with Gasteiger partial charge in [0.25, 0.3) is 0 Å². The molecule has 0 radical (unpaired) electrons. The van der Waals surface area contributed by atoms with Gasteiger partial charge in [0.1, 0.15) is 5.82 Å². The molecular formula is C12H19N5. The van der Waals surface area contributed by atoms with Gasteiger partial charge in [-0.2, -0.15) is 5.10 Å². The molecule has 0 amide bonds. The lowest BCUT2D eigenvalue weighted by molar-refractivity contribution is 0.718. The maximum atomic E-state index is 4.39. The van der Waals surface area contributed by atoms with Crippen LogP contribution in [-0.4, -0.2) is 19.3 Å². The lowest BCUT2D eigenvalue weighted by Crippen LogP contribution is -2.12. The molecule has 0 saturated heterocycles. The van der Waals surface area contributed by atoms with Gasteiger partial charge in [0.2, 0.25) is 0 Å². The van der Waals surface area contributed by atoms with Crippen LogP contribution in [-0.2, 0) is 14.1 Å². The van der Waals surface area contributed by atoms with Crippen LogP contribution < -0.4 is 5.32 Å². The van der Waals surface area contributed by atoms with E-state index in [1.807, 2.05) is 42.7 Å². The summed E-state index contributed by atoms with van der Waals surface area (Å²) in [5.74, 6) is 1.02. The Balaban J connectivity index is 2.24. The maximum absolute atomic E-state index is 4.39. The summed E-state index contributed by atoms with van der Waals surface area (Å²) in [5, 5.41) is 7.87. The third-order valence-corrected chi connectivity index (χ3v) is 3.12. The number of aromatic nitrogens is 4. The first-order chi connectivity index (χ1) is 8.00. The van der Waals surface area contributed by atoms with Crippen LogP contribution >= 0.6 is 0 Å². The number of aryl methyl sites for hydroxylation is 3. The van der Waals surface area contributed by atoms with Gasteiger partial charge in [0, 0.05) is 26.5 Å². The SMILES string of the molecule is Cc1nn(C)c(C)c1NC(C)c1nccn1C. The molecular weight excluding hydrogens is 214 g/mol. The Morgan fingerprint density at radius 1 is 1.29 bits per heavy atom. The molecule has 2 aromatic rings. The molecule has 1 atom stereocenters. The van der Waals surface area contributed by atoms with Crippen molar-refractivity contribution in [3.8, 4) is 0 Å². The summed E-state index contributed by atoms with van der Waals surface area (Å²) >= 11 is 0. The molecule has 0 aliphatic rings. The predicted octanol–water partition coefficient (Wildman–Crippen LogP) is 1.94. The molecule has 2 aromatic heterocycles. The van der Waals surface area contributed by atoms with E-state index >= 15 is 0 Å². The quantitative estimate of drug-likeness (QED) is 0.881. The van der Waals surface area contributed by atoms with Crippen molar-refractivity contribution >= 4 is 5.69 Å². The van der Waals surface area contributed by atoms with E-state index in [0.717, 1.165) is 22.9 Å². The third-order valence-electron chi connectivity index (χ3n) is 3.12. The van der Waals surface area contributed by atoms with E-state index in [0.29, 0.717) is 0 Å². The van der Waals surface area contributed by atoms with Crippen LogP contribution in [0.2, 0.25) is 0 Å². The van der Waals surface area contributed by atoms with Crippen molar-refractivity contribution in [2.75, 3.05) is 5.32 Å². The van der Waals surface area contributed by atoms with Gasteiger partial charge in [0.05, 0.1) is 23.1 Å². The Hall–Kier alpha value is -1.78. The molecule has 5 heteroatoms. The van der Waals surface area contributed by atoms with Crippen LogP contribution in [0.15, 0.2) is 12.4 Å². The van der Waals surface area contributed by atoms with Crippen molar-refractivity contribution in [1.29, 1.82) is 0 Å². The fourth-order valence-electron chi connectivity index (χ4n) is 2.06. The van der Waals surface area contributed by atoms with Crippen LogP contribution in [0.3, 0.4) is 0 Å². The Morgan fingerprint density at radius 2 is 2.00 bits per heavy atom. The second-order valence-electron chi connectivity index (χ2n) is 4.43. The van der Waals surface area contributed by atoms with Gasteiger partial charge < -0.3 is 9.88 Å². The average molecular weight is 233 g/mol. The highest BCUT2D eigenvalue weighted by atomic mass is 15.3. The van der Waals surface area contributed by atoms with Gasteiger partial charge in [-0.15, -0.1) is 0 Å². The zero-order chi connectivity index (χ0) is 12.6. The van der Waals surface area contributed by atoms with Crippen molar-refractivity contribution in [2.45, 2.75) is 26.8 Å². The number of rotatable bonds is 3. The molecule has 1 unspecified atom stereocenters.